The Balaban J connectivity index is 2.11. The standard InChI is InChI=1S/C21H30N4/c1-7-8-9-19-14-15(2)22-20(23-19)25-24-16(3)17-10-12-18(13-11-17)21(4,5)6/h10-14H,7-9H2,1-6H3,(H,22,23,25). The normalized spacial score (nSPS) is 12.3. The van der Waals surface area contributed by atoms with E-state index in [2.05, 4.69) is 72.5 Å². The minimum Gasteiger partial charge on any atom is -0.245 e. The van der Waals surface area contributed by atoms with Gasteiger partial charge in [-0.1, -0.05) is 58.4 Å². The molecular weight excluding hydrogens is 308 g/mol. The first-order valence-electron chi connectivity index (χ1n) is 9.05. The highest BCUT2D eigenvalue weighted by atomic mass is 15.4. The van der Waals surface area contributed by atoms with Gasteiger partial charge in [-0.3, -0.25) is 0 Å². The number of anilines is 1. The van der Waals surface area contributed by atoms with E-state index in [1.807, 2.05) is 19.9 Å². The van der Waals surface area contributed by atoms with Crippen LogP contribution in [0.4, 0.5) is 5.95 Å². The van der Waals surface area contributed by atoms with Gasteiger partial charge in [0.05, 0.1) is 5.71 Å². The fourth-order valence-electron chi connectivity index (χ4n) is 2.58. The molecule has 2 aromatic rings. The van der Waals surface area contributed by atoms with Crippen LogP contribution in [-0.4, -0.2) is 15.7 Å². The molecule has 2 rings (SSSR count). The van der Waals surface area contributed by atoms with Gasteiger partial charge in [0, 0.05) is 11.4 Å². The lowest BCUT2D eigenvalue weighted by Crippen LogP contribution is -2.11. The molecule has 0 bridgehead atoms. The van der Waals surface area contributed by atoms with Gasteiger partial charge in [0.1, 0.15) is 0 Å². The van der Waals surface area contributed by atoms with Gasteiger partial charge in [-0.05, 0) is 49.3 Å². The Kier molecular flexibility index (Phi) is 6.29. The zero-order valence-corrected chi connectivity index (χ0v) is 16.3. The molecule has 0 aliphatic rings. The van der Waals surface area contributed by atoms with Crippen LogP contribution in [0.1, 0.15) is 70.0 Å². The quantitative estimate of drug-likeness (QED) is 0.577. The lowest BCUT2D eigenvalue weighted by molar-refractivity contribution is 0.590. The van der Waals surface area contributed by atoms with Gasteiger partial charge >= 0.3 is 0 Å². The van der Waals surface area contributed by atoms with E-state index in [9.17, 15) is 0 Å². The molecule has 1 N–H and O–H groups in total. The fourth-order valence-corrected chi connectivity index (χ4v) is 2.58. The highest BCUT2D eigenvalue weighted by molar-refractivity contribution is 5.99. The predicted octanol–water partition coefficient (Wildman–Crippen LogP) is 5.26. The summed E-state index contributed by atoms with van der Waals surface area (Å²) in [6, 6.07) is 10.6. The van der Waals surface area contributed by atoms with Gasteiger partial charge in [0.15, 0.2) is 0 Å². The summed E-state index contributed by atoms with van der Waals surface area (Å²) < 4.78 is 0. The second kappa shape index (κ2) is 8.24. The number of rotatable bonds is 6. The van der Waals surface area contributed by atoms with E-state index in [-0.39, 0.29) is 5.41 Å². The summed E-state index contributed by atoms with van der Waals surface area (Å²) in [4.78, 5) is 8.98. The molecular formula is C21H30N4. The van der Waals surface area contributed by atoms with Crippen molar-refractivity contribution in [2.75, 3.05) is 5.43 Å². The zero-order chi connectivity index (χ0) is 18.4. The molecule has 1 heterocycles. The maximum atomic E-state index is 4.55. The summed E-state index contributed by atoms with van der Waals surface area (Å²) in [7, 11) is 0. The van der Waals surface area contributed by atoms with E-state index in [0.29, 0.717) is 5.95 Å². The van der Waals surface area contributed by atoms with Crippen molar-refractivity contribution >= 4 is 11.7 Å². The molecule has 0 aliphatic carbocycles. The summed E-state index contributed by atoms with van der Waals surface area (Å²) in [5.74, 6) is 0.566. The molecule has 0 amide bonds. The predicted molar refractivity (Wildman–Crippen MR) is 106 cm³/mol. The van der Waals surface area contributed by atoms with Crippen LogP contribution in [0.3, 0.4) is 0 Å². The number of unbranched alkanes of at least 4 members (excludes halogenated alkanes) is 1. The third kappa shape index (κ3) is 5.66. The highest BCUT2D eigenvalue weighted by Gasteiger charge is 2.13. The van der Waals surface area contributed by atoms with E-state index >= 15 is 0 Å². The molecule has 0 saturated heterocycles. The van der Waals surface area contributed by atoms with Crippen molar-refractivity contribution in [1.29, 1.82) is 0 Å². The molecule has 0 atom stereocenters. The lowest BCUT2D eigenvalue weighted by atomic mass is 9.86. The van der Waals surface area contributed by atoms with Crippen LogP contribution in [0.2, 0.25) is 0 Å². The Morgan fingerprint density at radius 3 is 2.40 bits per heavy atom. The molecule has 0 unspecified atom stereocenters. The van der Waals surface area contributed by atoms with Gasteiger partial charge in [-0.25, -0.2) is 15.4 Å². The van der Waals surface area contributed by atoms with Crippen molar-refractivity contribution in [3.63, 3.8) is 0 Å². The molecule has 25 heavy (non-hydrogen) atoms. The van der Waals surface area contributed by atoms with Crippen LogP contribution >= 0.6 is 0 Å². The number of nitrogens with zero attached hydrogens (tertiary/aromatic N) is 3. The Morgan fingerprint density at radius 1 is 1.12 bits per heavy atom. The number of benzene rings is 1. The first-order chi connectivity index (χ1) is 11.8. The van der Waals surface area contributed by atoms with Crippen molar-refractivity contribution in [1.82, 2.24) is 9.97 Å². The smallest absolute Gasteiger partial charge is 0.243 e. The maximum absolute atomic E-state index is 4.55. The molecule has 1 aromatic heterocycles. The summed E-state index contributed by atoms with van der Waals surface area (Å²) in [5.41, 5.74) is 8.54. The number of hydrazone groups is 1. The average Bonchev–Trinajstić information content (AvgIpc) is 2.57. The van der Waals surface area contributed by atoms with Crippen LogP contribution in [0, 0.1) is 6.92 Å². The minimum absolute atomic E-state index is 0.159. The van der Waals surface area contributed by atoms with Crippen LogP contribution in [-0.2, 0) is 11.8 Å². The third-order valence-electron chi connectivity index (χ3n) is 4.19. The van der Waals surface area contributed by atoms with Gasteiger partial charge in [-0.15, -0.1) is 0 Å². The fraction of sp³-hybridized carbons (Fsp3) is 0.476. The molecule has 134 valence electrons. The van der Waals surface area contributed by atoms with Crippen molar-refractivity contribution in [3.05, 3.63) is 52.8 Å². The second-order valence-corrected chi connectivity index (χ2v) is 7.56. The van der Waals surface area contributed by atoms with E-state index in [1.165, 1.54) is 5.56 Å². The Morgan fingerprint density at radius 2 is 1.80 bits per heavy atom. The first kappa shape index (κ1) is 19.1. The minimum atomic E-state index is 0.159. The third-order valence-corrected chi connectivity index (χ3v) is 4.19. The number of hydrogen-bond donors (Lipinski definition) is 1. The first-order valence-corrected chi connectivity index (χ1v) is 9.05. The van der Waals surface area contributed by atoms with E-state index in [4.69, 9.17) is 0 Å². The number of aromatic nitrogens is 2. The molecule has 1 aromatic carbocycles. The van der Waals surface area contributed by atoms with Crippen molar-refractivity contribution in [3.8, 4) is 0 Å². The lowest BCUT2D eigenvalue weighted by Gasteiger charge is -2.19. The molecule has 4 nitrogen and oxygen atoms in total. The summed E-state index contributed by atoms with van der Waals surface area (Å²) in [5, 5.41) is 4.46. The van der Waals surface area contributed by atoms with Crippen molar-refractivity contribution in [2.45, 2.75) is 66.2 Å². The molecule has 0 radical (unpaired) electrons. The van der Waals surface area contributed by atoms with E-state index in [0.717, 1.165) is 41.9 Å². The summed E-state index contributed by atoms with van der Waals surface area (Å²) >= 11 is 0. The Labute approximate surface area is 151 Å². The topological polar surface area (TPSA) is 50.2 Å². The van der Waals surface area contributed by atoms with Gasteiger partial charge in [0.25, 0.3) is 0 Å². The van der Waals surface area contributed by atoms with Crippen LogP contribution in [0.25, 0.3) is 0 Å². The number of aryl methyl sites for hydroxylation is 2. The van der Waals surface area contributed by atoms with E-state index in [1.54, 1.807) is 0 Å². The number of hydrogen-bond acceptors (Lipinski definition) is 4. The summed E-state index contributed by atoms with van der Waals surface area (Å²) in [6.45, 7) is 12.8. The van der Waals surface area contributed by atoms with Crippen LogP contribution in [0.5, 0.6) is 0 Å². The largest absolute Gasteiger partial charge is 0.245 e. The molecule has 0 aliphatic heterocycles. The molecule has 4 heteroatoms. The molecule has 0 spiro atoms. The van der Waals surface area contributed by atoms with Crippen molar-refractivity contribution in [2.24, 2.45) is 5.10 Å². The average molecular weight is 338 g/mol. The Hall–Kier alpha value is -2.23. The van der Waals surface area contributed by atoms with Crippen LogP contribution in [0.15, 0.2) is 35.4 Å². The van der Waals surface area contributed by atoms with Gasteiger partial charge < -0.3 is 0 Å². The zero-order valence-electron chi connectivity index (χ0n) is 16.3. The molecule has 0 fully saturated rings. The van der Waals surface area contributed by atoms with Crippen LogP contribution < -0.4 is 5.43 Å². The Bertz CT molecular complexity index is 725. The van der Waals surface area contributed by atoms with Gasteiger partial charge in [-0.2, -0.15) is 5.10 Å². The SMILES string of the molecule is CCCCc1cc(C)nc(NN=C(C)c2ccc(C(C)(C)C)cc2)n1. The highest BCUT2D eigenvalue weighted by Crippen LogP contribution is 2.22. The maximum Gasteiger partial charge on any atom is 0.243 e. The second-order valence-electron chi connectivity index (χ2n) is 7.56. The number of nitrogens with one attached hydrogen (secondary N) is 1. The van der Waals surface area contributed by atoms with Crippen molar-refractivity contribution < 1.29 is 0 Å². The monoisotopic (exact) mass is 338 g/mol. The molecule has 0 saturated carbocycles. The van der Waals surface area contributed by atoms with E-state index < -0.39 is 0 Å². The summed E-state index contributed by atoms with van der Waals surface area (Å²) in [6.07, 6.45) is 3.28. The van der Waals surface area contributed by atoms with Gasteiger partial charge in [0.2, 0.25) is 5.95 Å².